The highest BCUT2D eigenvalue weighted by atomic mass is 79.9. The first-order chi connectivity index (χ1) is 9.19. The lowest BCUT2D eigenvalue weighted by molar-refractivity contribution is 0.262. The van der Waals surface area contributed by atoms with E-state index in [1.807, 2.05) is 0 Å². The first-order valence-corrected chi connectivity index (χ1v) is 6.36. The number of nitrogens with zero attached hydrogens (tertiary/aromatic N) is 1. The second-order valence-corrected chi connectivity index (χ2v) is 4.57. The summed E-state index contributed by atoms with van der Waals surface area (Å²) in [5.74, 6) is 0. The molecule has 0 saturated heterocycles. The van der Waals surface area contributed by atoms with E-state index in [0.29, 0.717) is 21.5 Å². The number of anilines is 2. The molecule has 0 aliphatic rings. The van der Waals surface area contributed by atoms with Crippen LogP contribution in [-0.2, 0) is 6.61 Å². The molecule has 1 heterocycles. The molecule has 6 heteroatoms. The van der Waals surface area contributed by atoms with Crippen LogP contribution in [0.2, 0.25) is 0 Å². The van der Waals surface area contributed by atoms with Crippen LogP contribution in [-0.4, -0.2) is 16.1 Å². The van der Waals surface area contributed by atoms with Gasteiger partial charge in [0.05, 0.1) is 6.61 Å². The van der Waals surface area contributed by atoms with E-state index < -0.39 is 0 Å². The molecular formula is C13H12BrN3O2. The minimum absolute atomic E-state index is 0.128. The van der Waals surface area contributed by atoms with Crippen molar-refractivity contribution in [1.82, 2.24) is 4.98 Å². The lowest BCUT2D eigenvalue weighted by Gasteiger charge is -2.10. The maximum Gasteiger partial charge on any atom is 0.323 e. The number of nitrogens with one attached hydrogen (secondary N) is 2. The molecular weight excluding hydrogens is 310 g/mol. The van der Waals surface area contributed by atoms with Crippen molar-refractivity contribution in [2.75, 3.05) is 10.6 Å². The van der Waals surface area contributed by atoms with Crippen molar-refractivity contribution in [3.05, 3.63) is 52.8 Å². The van der Waals surface area contributed by atoms with Crippen LogP contribution in [0.15, 0.2) is 47.2 Å². The van der Waals surface area contributed by atoms with Gasteiger partial charge in [-0.2, -0.15) is 0 Å². The zero-order chi connectivity index (χ0) is 13.7. The molecule has 0 fully saturated rings. The molecule has 1 aromatic heterocycles. The summed E-state index contributed by atoms with van der Waals surface area (Å²) < 4.78 is 0.640. The Kier molecular flexibility index (Phi) is 4.48. The summed E-state index contributed by atoms with van der Waals surface area (Å²) in [6, 6.07) is 10.1. The van der Waals surface area contributed by atoms with E-state index in [0.717, 1.165) is 0 Å². The molecule has 2 rings (SSSR count). The number of hydrogen-bond donors (Lipinski definition) is 3. The number of urea groups is 1. The number of aliphatic hydroxyl groups excluding tert-OH is 1. The summed E-state index contributed by atoms with van der Waals surface area (Å²) in [4.78, 5) is 15.8. The third-order valence-corrected chi connectivity index (χ3v) is 2.85. The van der Waals surface area contributed by atoms with Gasteiger partial charge < -0.3 is 15.7 Å². The van der Waals surface area contributed by atoms with Gasteiger partial charge in [0.25, 0.3) is 0 Å². The summed E-state index contributed by atoms with van der Waals surface area (Å²) in [5.41, 5.74) is 1.87. The number of carbonyl (C=O) groups is 1. The average molecular weight is 322 g/mol. The van der Waals surface area contributed by atoms with E-state index in [1.54, 1.807) is 42.6 Å². The van der Waals surface area contributed by atoms with E-state index in [1.165, 1.54) is 0 Å². The molecule has 98 valence electrons. The molecule has 0 atom stereocenters. The Bertz CT molecular complexity index is 590. The van der Waals surface area contributed by atoms with Crippen LogP contribution >= 0.6 is 15.9 Å². The monoisotopic (exact) mass is 321 g/mol. The normalized spacial score (nSPS) is 10.0. The summed E-state index contributed by atoms with van der Waals surface area (Å²) in [7, 11) is 0. The topological polar surface area (TPSA) is 74.2 Å². The molecule has 0 aliphatic heterocycles. The molecule has 19 heavy (non-hydrogen) atoms. The molecule has 0 saturated carbocycles. The third-order valence-electron chi connectivity index (χ3n) is 2.42. The van der Waals surface area contributed by atoms with Crippen LogP contribution in [0, 0.1) is 0 Å². The number of halogens is 1. The number of hydrogen-bond acceptors (Lipinski definition) is 3. The maximum absolute atomic E-state index is 11.8. The fourth-order valence-corrected chi connectivity index (χ4v) is 1.91. The molecule has 0 unspecified atom stereocenters. The van der Waals surface area contributed by atoms with Gasteiger partial charge in [0.2, 0.25) is 0 Å². The van der Waals surface area contributed by atoms with Gasteiger partial charge in [0.1, 0.15) is 4.60 Å². The molecule has 0 bridgehead atoms. The van der Waals surface area contributed by atoms with Crippen LogP contribution in [0.1, 0.15) is 5.56 Å². The van der Waals surface area contributed by atoms with Gasteiger partial charge in [0, 0.05) is 23.1 Å². The Balaban J connectivity index is 2.05. The van der Waals surface area contributed by atoms with Crippen molar-refractivity contribution in [1.29, 1.82) is 0 Å². The number of aliphatic hydroxyl groups is 1. The number of pyridine rings is 1. The second kappa shape index (κ2) is 6.31. The zero-order valence-electron chi connectivity index (χ0n) is 9.93. The largest absolute Gasteiger partial charge is 0.392 e. The summed E-state index contributed by atoms with van der Waals surface area (Å²) >= 11 is 3.23. The smallest absolute Gasteiger partial charge is 0.323 e. The van der Waals surface area contributed by atoms with Crippen molar-refractivity contribution in [2.24, 2.45) is 0 Å². The van der Waals surface area contributed by atoms with E-state index in [4.69, 9.17) is 0 Å². The van der Waals surface area contributed by atoms with E-state index in [2.05, 4.69) is 31.5 Å². The fourth-order valence-electron chi connectivity index (χ4n) is 1.55. The Morgan fingerprint density at radius 2 is 2.05 bits per heavy atom. The molecule has 0 radical (unpaired) electrons. The van der Waals surface area contributed by atoms with Crippen LogP contribution in [0.4, 0.5) is 16.2 Å². The summed E-state index contributed by atoms with van der Waals surface area (Å²) in [6.45, 7) is -0.128. The van der Waals surface area contributed by atoms with Crippen LogP contribution in [0.3, 0.4) is 0 Å². The van der Waals surface area contributed by atoms with Gasteiger partial charge in [0.15, 0.2) is 0 Å². The van der Waals surface area contributed by atoms with Gasteiger partial charge in [-0.25, -0.2) is 9.78 Å². The standard InChI is InChI=1S/C13H12BrN3O2/c14-12-7-10(5-6-15-12)16-13(19)17-11-4-2-1-3-9(11)8-18/h1-7,18H,8H2,(H2,15,16,17,19). The molecule has 2 aromatic rings. The molecule has 3 N–H and O–H groups in total. The highest BCUT2D eigenvalue weighted by Crippen LogP contribution is 2.16. The number of amides is 2. The molecule has 1 aromatic carbocycles. The van der Waals surface area contributed by atoms with Gasteiger partial charge in [-0.1, -0.05) is 18.2 Å². The minimum Gasteiger partial charge on any atom is -0.392 e. The number of para-hydroxylation sites is 1. The number of aromatic nitrogens is 1. The van der Waals surface area contributed by atoms with Gasteiger partial charge >= 0.3 is 6.03 Å². The lowest BCUT2D eigenvalue weighted by Crippen LogP contribution is -2.20. The van der Waals surface area contributed by atoms with Crippen LogP contribution in [0.5, 0.6) is 0 Å². The van der Waals surface area contributed by atoms with Crippen molar-refractivity contribution in [3.63, 3.8) is 0 Å². The number of benzene rings is 1. The van der Waals surface area contributed by atoms with Crippen molar-refractivity contribution >= 4 is 33.3 Å². The SMILES string of the molecule is O=C(Nc1ccnc(Br)c1)Nc1ccccc1CO. The second-order valence-electron chi connectivity index (χ2n) is 3.76. The van der Waals surface area contributed by atoms with Crippen molar-refractivity contribution < 1.29 is 9.90 Å². The number of rotatable bonds is 3. The Labute approximate surface area is 118 Å². The lowest BCUT2D eigenvalue weighted by atomic mass is 10.2. The first kappa shape index (κ1) is 13.5. The zero-order valence-corrected chi connectivity index (χ0v) is 11.5. The maximum atomic E-state index is 11.8. The van der Waals surface area contributed by atoms with Gasteiger partial charge in [-0.3, -0.25) is 0 Å². The van der Waals surface area contributed by atoms with Crippen LogP contribution in [0.25, 0.3) is 0 Å². The fraction of sp³-hybridized carbons (Fsp3) is 0.0769. The Morgan fingerprint density at radius 3 is 2.79 bits per heavy atom. The van der Waals surface area contributed by atoms with Crippen LogP contribution < -0.4 is 10.6 Å². The predicted molar refractivity (Wildman–Crippen MR) is 76.9 cm³/mol. The molecule has 0 aliphatic carbocycles. The number of carbonyl (C=O) groups excluding carboxylic acids is 1. The highest BCUT2D eigenvalue weighted by molar-refractivity contribution is 9.10. The Hall–Kier alpha value is -1.92. The molecule has 0 spiro atoms. The minimum atomic E-state index is -0.376. The van der Waals surface area contributed by atoms with Crippen molar-refractivity contribution in [3.8, 4) is 0 Å². The van der Waals surface area contributed by atoms with Crippen molar-refractivity contribution in [2.45, 2.75) is 6.61 Å². The highest BCUT2D eigenvalue weighted by Gasteiger charge is 2.06. The van der Waals surface area contributed by atoms with E-state index in [-0.39, 0.29) is 12.6 Å². The van der Waals surface area contributed by atoms with E-state index >= 15 is 0 Å². The first-order valence-electron chi connectivity index (χ1n) is 5.57. The van der Waals surface area contributed by atoms with Gasteiger partial charge in [-0.15, -0.1) is 0 Å². The summed E-state index contributed by atoms with van der Waals surface area (Å²) in [6.07, 6.45) is 1.58. The third kappa shape index (κ3) is 3.77. The molecule has 2 amide bonds. The average Bonchev–Trinajstić information content (AvgIpc) is 2.39. The predicted octanol–water partition coefficient (Wildman–Crippen LogP) is 2.98. The Morgan fingerprint density at radius 1 is 1.26 bits per heavy atom. The van der Waals surface area contributed by atoms with E-state index in [9.17, 15) is 9.90 Å². The quantitative estimate of drug-likeness (QED) is 0.761. The molecule has 5 nitrogen and oxygen atoms in total. The summed E-state index contributed by atoms with van der Waals surface area (Å²) in [5, 5.41) is 14.5. The van der Waals surface area contributed by atoms with Gasteiger partial charge in [-0.05, 0) is 34.1 Å².